The zero-order valence-corrected chi connectivity index (χ0v) is 17.5. The third kappa shape index (κ3) is 4.46. The number of carbonyl (C=O) groups is 1. The monoisotopic (exact) mass is 398 g/mol. The van der Waals surface area contributed by atoms with Gasteiger partial charge in [0.2, 0.25) is 0 Å². The van der Waals surface area contributed by atoms with E-state index in [2.05, 4.69) is 39.8 Å². The average molecular weight is 398 g/mol. The summed E-state index contributed by atoms with van der Waals surface area (Å²) in [6.45, 7) is 9.33. The summed E-state index contributed by atoms with van der Waals surface area (Å²) in [6.07, 6.45) is 1.50. The molecule has 0 aromatic heterocycles. The van der Waals surface area contributed by atoms with Gasteiger partial charge in [0.1, 0.15) is 17.4 Å². The van der Waals surface area contributed by atoms with Crippen molar-refractivity contribution in [2.75, 3.05) is 6.61 Å². The molecule has 0 spiro atoms. The maximum atomic E-state index is 11.0. The predicted molar refractivity (Wildman–Crippen MR) is 111 cm³/mol. The van der Waals surface area contributed by atoms with Crippen LogP contribution in [0.3, 0.4) is 0 Å². The van der Waals surface area contributed by atoms with Gasteiger partial charge >= 0.3 is 5.97 Å². The lowest BCUT2D eigenvalue weighted by Crippen LogP contribution is -2.34. The van der Waals surface area contributed by atoms with Crippen molar-refractivity contribution in [2.24, 2.45) is 0 Å². The van der Waals surface area contributed by atoms with Gasteiger partial charge in [-0.25, -0.2) is 4.79 Å². The Bertz CT molecular complexity index is 913. The summed E-state index contributed by atoms with van der Waals surface area (Å²) < 4.78 is 5.62. The normalized spacial score (nSPS) is 18.1. The minimum Gasteiger partial charge on any atom is -0.507 e. The van der Waals surface area contributed by atoms with Gasteiger partial charge in [0.25, 0.3) is 0 Å². The SMILES string of the molecule is CC1(C)CCC(C)(C)c2cc(C(O)COCc3ccc(C(=O)O)c(O)c3)ccc21. The highest BCUT2D eigenvalue weighted by Crippen LogP contribution is 2.46. The van der Waals surface area contributed by atoms with Crippen LogP contribution >= 0.6 is 0 Å². The molecule has 1 aliphatic carbocycles. The van der Waals surface area contributed by atoms with Gasteiger partial charge in [0, 0.05) is 0 Å². The highest BCUT2D eigenvalue weighted by Gasteiger charge is 2.37. The zero-order valence-electron chi connectivity index (χ0n) is 17.5. The number of fused-ring (bicyclic) bond motifs is 1. The number of benzene rings is 2. The highest BCUT2D eigenvalue weighted by molar-refractivity contribution is 5.90. The summed E-state index contributed by atoms with van der Waals surface area (Å²) in [5.74, 6) is -1.47. The molecule has 3 rings (SSSR count). The molecule has 5 heteroatoms. The molecule has 3 N–H and O–H groups in total. The minimum absolute atomic E-state index is 0.0743. The molecule has 0 fully saturated rings. The standard InChI is InChI=1S/C24H30O5/c1-23(2)9-10-24(3,4)19-12-16(6-8-18(19)23)21(26)14-29-13-15-5-7-17(22(27)28)20(25)11-15/h5-8,11-12,21,25-26H,9-10,13-14H2,1-4H3,(H,27,28). The van der Waals surface area contributed by atoms with Gasteiger partial charge in [-0.2, -0.15) is 0 Å². The number of hydrogen-bond donors (Lipinski definition) is 3. The summed E-state index contributed by atoms with van der Waals surface area (Å²) in [6, 6.07) is 10.5. The highest BCUT2D eigenvalue weighted by atomic mass is 16.5. The van der Waals surface area contributed by atoms with Gasteiger partial charge in [-0.1, -0.05) is 52.0 Å². The molecule has 0 bridgehead atoms. The summed E-state index contributed by atoms with van der Waals surface area (Å²) in [4.78, 5) is 11.0. The van der Waals surface area contributed by atoms with Crippen molar-refractivity contribution >= 4 is 5.97 Å². The Kier molecular flexibility index (Phi) is 5.74. The third-order valence-corrected chi connectivity index (χ3v) is 6.10. The molecule has 2 aromatic carbocycles. The van der Waals surface area contributed by atoms with E-state index in [-0.39, 0.29) is 35.4 Å². The van der Waals surface area contributed by atoms with Crippen LogP contribution in [0.25, 0.3) is 0 Å². The molecular weight excluding hydrogens is 368 g/mol. The Hall–Kier alpha value is -2.37. The first-order valence-electron chi connectivity index (χ1n) is 9.97. The van der Waals surface area contributed by atoms with Crippen LogP contribution in [0.2, 0.25) is 0 Å². The van der Waals surface area contributed by atoms with E-state index < -0.39 is 12.1 Å². The Morgan fingerprint density at radius 1 is 1.03 bits per heavy atom. The zero-order chi connectivity index (χ0) is 21.4. The fourth-order valence-electron chi connectivity index (χ4n) is 4.05. The van der Waals surface area contributed by atoms with Crippen LogP contribution in [0.15, 0.2) is 36.4 Å². The first-order valence-corrected chi connectivity index (χ1v) is 9.97. The van der Waals surface area contributed by atoms with Gasteiger partial charge < -0.3 is 20.1 Å². The summed E-state index contributed by atoms with van der Waals surface area (Å²) in [7, 11) is 0. The predicted octanol–water partition coefficient (Wildman–Crippen LogP) is 4.69. The lowest BCUT2D eigenvalue weighted by atomic mass is 9.63. The van der Waals surface area contributed by atoms with Crippen molar-refractivity contribution in [3.05, 3.63) is 64.2 Å². The smallest absolute Gasteiger partial charge is 0.339 e. The summed E-state index contributed by atoms with van der Waals surface area (Å²) in [5.41, 5.74) is 4.18. The molecule has 0 aliphatic heterocycles. The first kappa shape index (κ1) is 21.3. The molecule has 0 saturated carbocycles. The fourth-order valence-corrected chi connectivity index (χ4v) is 4.05. The van der Waals surface area contributed by atoms with E-state index in [4.69, 9.17) is 9.84 Å². The van der Waals surface area contributed by atoms with Gasteiger partial charge in [0.15, 0.2) is 0 Å². The van der Waals surface area contributed by atoms with E-state index in [0.717, 1.165) is 18.4 Å². The molecule has 1 unspecified atom stereocenters. The van der Waals surface area contributed by atoms with E-state index in [1.165, 1.54) is 23.3 Å². The number of rotatable bonds is 6. The first-order chi connectivity index (χ1) is 13.5. The Morgan fingerprint density at radius 2 is 1.69 bits per heavy atom. The molecule has 1 aliphatic rings. The van der Waals surface area contributed by atoms with E-state index in [0.29, 0.717) is 5.56 Å². The Labute approximate surface area is 172 Å². The average Bonchev–Trinajstić information content (AvgIpc) is 2.65. The second-order valence-electron chi connectivity index (χ2n) is 9.26. The Balaban J connectivity index is 1.68. The minimum atomic E-state index is -1.18. The molecule has 29 heavy (non-hydrogen) atoms. The van der Waals surface area contributed by atoms with Gasteiger partial charge in [-0.3, -0.25) is 0 Å². The van der Waals surface area contributed by atoms with Crippen LogP contribution < -0.4 is 0 Å². The van der Waals surface area contributed by atoms with Crippen molar-refractivity contribution in [3.63, 3.8) is 0 Å². The second-order valence-corrected chi connectivity index (χ2v) is 9.26. The van der Waals surface area contributed by atoms with Crippen molar-refractivity contribution in [3.8, 4) is 5.75 Å². The number of carboxylic acids is 1. The number of hydrogen-bond acceptors (Lipinski definition) is 4. The van der Waals surface area contributed by atoms with Crippen molar-refractivity contribution in [1.29, 1.82) is 0 Å². The molecule has 0 saturated heterocycles. The third-order valence-electron chi connectivity index (χ3n) is 6.10. The van der Waals surface area contributed by atoms with Crippen molar-refractivity contribution in [1.82, 2.24) is 0 Å². The Morgan fingerprint density at radius 3 is 2.31 bits per heavy atom. The lowest BCUT2D eigenvalue weighted by molar-refractivity contribution is 0.0275. The molecule has 156 valence electrons. The maximum absolute atomic E-state index is 11.0. The van der Waals surface area contributed by atoms with Crippen LogP contribution in [0.1, 0.15) is 79.3 Å². The quantitative estimate of drug-likeness (QED) is 0.657. The van der Waals surface area contributed by atoms with Crippen LogP contribution in [0, 0.1) is 0 Å². The fraction of sp³-hybridized carbons (Fsp3) is 0.458. The van der Waals surface area contributed by atoms with Gasteiger partial charge in [-0.05, 0) is 58.1 Å². The largest absolute Gasteiger partial charge is 0.507 e. The lowest BCUT2D eigenvalue weighted by Gasteiger charge is -2.42. The van der Waals surface area contributed by atoms with Crippen LogP contribution in [-0.2, 0) is 22.2 Å². The molecule has 0 radical (unpaired) electrons. The van der Waals surface area contributed by atoms with E-state index in [1.807, 2.05) is 6.07 Å². The van der Waals surface area contributed by atoms with E-state index in [9.17, 15) is 15.0 Å². The number of aromatic carboxylic acids is 1. The van der Waals surface area contributed by atoms with Crippen LogP contribution in [0.4, 0.5) is 0 Å². The van der Waals surface area contributed by atoms with Crippen LogP contribution in [0.5, 0.6) is 5.75 Å². The molecule has 1 atom stereocenters. The number of aromatic hydroxyl groups is 1. The maximum Gasteiger partial charge on any atom is 0.339 e. The topological polar surface area (TPSA) is 87.0 Å². The molecule has 5 nitrogen and oxygen atoms in total. The van der Waals surface area contributed by atoms with Gasteiger partial charge in [-0.15, -0.1) is 0 Å². The summed E-state index contributed by atoms with van der Waals surface area (Å²) in [5, 5.41) is 29.3. The molecule has 0 heterocycles. The molecule has 2 aromatic rings. The second kappa shape index (κ2) is 7.81. The number of carboxylic acid groups (broad SMARTS) is 1. The van der Waals surface area contributed by atoms with Crippen molar-refractivity contribution in [2.45, 2.75) is 64.1 Å². The summed E-state index contributed by atoms with van der Waals surface area (Å²) >= 11 is 0. The number of aliphatic hydroxyl groups is 1. The van der Waals surface area contributed by atoms with Gasteiger partial charge in [0.05, 0.1) is 13.2 Å². The number of ether oxygens (including phenoxy) is 1. The van der Waals surface area contributed by atoms with Crippen molar-refractivity contribution < 1.29 is 24.9 Å². The van der Waals surface area contributed by atoms with Crippen LogP contribution in [-0.4, -0.2) is 27.9 Å². The van der Waals surface area contributed by atoms with E-state index >= 15 is 0 Å². The molecular formula is C24H30O5. The van der Waals surface area contributed by atoms with E-state index in [1.54, 1.807) is 6.07 Å². The molecule has 0 amide bonds. The number of phenols is 1. The number of aliphatic hydroxyl groups excluding tert-OH is 1.